The predicted octanol–water partition coefficient (Wildman–Crippen LogP) is 7.61. The summed E-state index contributed by atoms with van der Waals surface area (Å²) >= 11 is 1.59. The highest BCUT2D eigenvalue weighted by molar-refractivity contribution is 7.45. The van der Waals surface area contributed by atoms with E-state index in [1.165, 1.54) is 96.3 Å². The van der Waals surface area contributed by atoms with Gasteiger partial charge in [0.05, 0.1) is 24.7 Å². The lowest BCUT2D eigenvalue weighted by molar-refractivity contribution is -0.673. The molecule has 1 heterocycles. The molecule has 0 saturated carbocycles. The second-order valence-electron chi connectivity index (χ2n) is 10.6. The molecular weight excluding hydrogens is 533 g/mol. The van der Waals surface area contributed by atoms with E-state index < -0.39 is 13.9 Å². The van der Waals surface area contributed by atoms with E-state index in [0.29, 0.717) is 26.2 Å². The van der Waals surface area contributed by atoms with Gasteiger partial charge in [0, 0.05) is 26.6 Å². The van der Waals surface area contributed by atoms with Crippen LogP contribution in [0.2, 0.25) is 0 Å². The van der Waals surface area contributed by atoms with Crippen molar-refractivity contribution in [1.29, 1.82) is 0 Å². The average molecular weight is 592 g/mol. The summed E-state index contributed by atoms with van der Waals surface area (Å²) < 4.78 is 35.6. The Bertz CT molecular complexity index is 747. The third-order valence-corrected chi connectivity index (χ3v) is 9.30. The number of aryl methyl sites for hydroxylation is 1. The minimum Gasteiger partial charge on any atom is -0.756 e. The van der Waals surface area contributed by atoms with Crippen LogP contribution >= 0.6 is 19.2 Å². The molecule has 0 aliphatic heterocycles. The Balaban J connectivity index is 1.97. The Hall–Kier alpha value is -0.340. The number of hydrogen-bond acceptors (Lipinski definition) is 7. The number of unbranched alkanes of at least 4 members (excludes halogenated alkanes) is 15. The van der Waals surface area contributed by atoms with Crippen LogP contribution in [0.25, 0.3) is 0 Å². The monoisotopic (exact) mass is 591 g/mol. The summed E-state index contributed by atoms with van der Waals surface area (Å²) in [5.41, 5.74) is 3.10. The van der Waals surface area contributed by atoms with Crippen molar-refractivity contribution >= 4 is 19.2 Å². The molecule has 1 unspecified atom stereocenters. The van der Waals surface area contributed by atoms with Gasteiger partial charge in [-0.25, -0.2) is 0 Å². The van der Waals surface area contributed by atoms with Crippen LogP contribution in [0.15, 0.2) is 5.51 Å². The van der Waals surface area contributed by atoms with Crippen molar-refractivity contribution < 1.29 is 32.5 Å². The number of nitrogens with zero attached hydrogens (tertiary/aromatic N) is 1. The SMILES string of the molecule is CCCCCCCCCCCCCCCCCCOC[C@H](COP(=O)([O-])OCCc1sc[n+](C)c1C)OCC. The van der Waals surface area contributed by atoms with E-state index in [2.05, 4.69) is 6.92 Å². The lowest BCUT2D eigenvalue weighted by Gasteiger charge is -2.25. The highest BCUT2D eigenvalue weighted by Gasteiger charge is 2.17. The Labute approximate surface area is 243 Å². The van der Waals surface area contributed by atoms with Crippen molar-refractivity contribution in [3.8, 4) is 0 Å². The summed E-state index contributed by atoms with van der Waals surface area (Å²) in [6.45, 7) is 7.57. The maximum Gasteiger partial charge on any atom is 0.267 e. The van der Waals surface area contributed by atoms with Gasteiger partial charge in [-0.3, -0.25) is 4.57 Å². The number of hydrogen-bond donors (Lipinski definition) is 0. The Morgan fingerprint density at radius 2 is 1.36 bits per heavy atom. The van der Waals surface area contributed by atoms with Gasteiger partial charge in [0.15, 0.2) is 5.69 Å². The summed E-state index contributed by atoms with van der Waals surface area (Å²) in [6.07, 6.45) is 21.6. The minimum atomic E-state index is -4.38. The number of aromatic nitrogens is 1. The Morgan fingerprint density at radius 3 is 1.85 bits per heavy atom. The molecule has 0 aliphatic carbocycles. The molecule has 2 atom stereocenters. The molecule has 0 spiro atoms. The van der Waals surface area contributed by atoms with Crippen LogP contribution in [-0.4, -0.2) is 39.1 Å². The molecule has 0 aromatic carbocycles. The summed E-state index contributed by atoms with van der Waals surface area (Å²) in [5.74, 6) is 0. The van der Waals surface area contributed by atoms with Crippen LogP contribution in [0.3, 0.4) is 0 Å². The first kappa shape index (κ1) is 36.7. The highest BCUT2D eigenvalue weighted by atomic mass is 32.1. The number of thiazole rings is 1. The summed E-state index contributed by atoms with van der Waals surface area (Å²) in [5, 5.41) is 0. The molecule has 0 saturated heterocycles. The molecule has 0 amide bonds. The molecule has 0 radical (unpaired) electrons. The van der Waals surface area contributed by atoms with Crippen molar-refractivity contribution in [2.75, 3.05) is 33.0 Å². The fourth-order valence-electron chi connectivity index (χ4n) is 4.55. The first-order chi connectivity index (χ1) is 18.9. The molecule has 1 rings (SSSR count). The molecule has 39 heavy (non-hydrogen) atoms. The zero-order valence-corrected chi connectivity index (χ0v) is 27.2. The third kappa shape index (κ3) is 20.2. The van der Waals surface area contributed by atoms with Crippen molar-refractivity contribution in [3.05, 3.63) is 16.1 Å². The maximum absolute atomic E-state index is 12.1. The molecule has 0 aliphatic rings. The van der Waals surface area contributed by atoms with E-state index in [1.807, 2.05) is 31.0 Å². The largest absolute Gasteiger partial charge is 0.756 e. The first-order valence-electron chi connectivity index (χ1n) is 15.6. The highest BCUT2D eigenvalue weighted by Crippen LogP contribution is 2.38. The summed E-state index contributed by atoms with van der Waals surface area (Å²) in [4.78, 5) is 13.3. The quantitative estimate of drug-likeness (QED) is 0.0567. The van der Waals surface area contributed by atoms with Crippen LogP contribution in [0.4, 0.5) is 0 Å². The zero-order chi connectivity index (χ0) is 28.6. The zero-order valence-electron chi connectivity index (χ0n) is 25.5. The van der Waals surface area contributed by atoms with E-state index in [-0.39, 0.29) is 13.2 Å². The second kappa shape index (κ2) is 24.3. The minimum absolute atomic E-state index is 0.0667. The van der Waals surface area contributed by atoms with E-state index in [9.17, 15) is 9.46 Å². The van der Waals surface area contributed by atoms with E-state index in [4.69, 9.17) is 18.5 Å². The topological polar surface area (TPSA) is 80.9 Å². The van der Waals surface area contributed by atoms with Gasteiger partial charge < -0.3 is 23.4 Å². The molecule has 7 nitrogen and oxygen atoms in total. The van der Waals surface area contributed by atoms with Gasteiger partial charge >= 0.3 is 0 Å². The number of phosphoric ester groups is 1. The van der Waals surface area contributed by atoms with Crippen LogP contribution in [0, 0.1) is 6.92 Å². The molecule has 1 aromatic rings. The van der Waals surface area contributed by atoms with Crippen LogP contribution < -0.4 is 9.46 Å². The maximum atomic E-state index is 12.1. The Morgan fingerprint density at radius 1 is 0.821 bits per heavy atom. The molecule has 0 bridgehead atoms. The standard InChI is InChI=1S/C30H58NO6PS/c1-5-7-8-9-10-11-12-13-14-15-16-17-18-19-20-21-23-34-25-29(35-6-2)26-37-38(32,33)36-24-22-30-28(3)31(4)27-39-30/h27,29H,5-26H2,1-4H3/t29-/m1/s1. The fourth-order valence-corrected chi connectivity index (χ4v) is 6.25. The van der Waals surface area contributed by atoms with Crippen molar-refractivity contribution in [2.24, 2.45) is 7.05 Å². The van der Waals surface area contributed by atoms with Gasteiger partial charge in [-0.05, 0) is 13.3 Å². The van der Waals surface area contributed by atoms with E-state index >= 15 is 0 Å². The smallest absolute Gasteiger partial charge is 0.267 e. The Kier molecular flexibility index (Phi) is 22.8. The third-order valence-electron chi connectivity index (χ3n) is 7.13. The lowest BCUT2D eigenvalue weighted by Crippen LogP contribution is -2.28. The average Bonchev–Trinajstić information content (AvgIpc) is 3.23. The van der Waals surface area contributed by atoms with E-state index in [1.54, 1.807) is 11.3 Å². The lowest BCUT2D eigenvalue weighted by atomic mass is 10.0. The van der Waals surface area contributed by atoms with Gasteiger partial charge in [-0.2, -0.15) is 4.57 Å². The van der Waals surface area contributed by atoms with Gasteiger partial charge in [-0.15, -0.1) is 0 Å². The predicted molar refractivity (Wildman–Crippen MR) is 159 cm³/mol. The van der Waals surface area contributed by atoms with Crippen molar-refractivity contribution in [1.82, 2.24) is 0 Å². The summed E-state index contributed by atoms with van der Waals surface area (Å²) in [6, 6.07) is 0. The van der Waals surface area contributed by atoms with Crippen molar-refractivity contribution in [3.63, 3.8) is 0 Å². The molecule has 1 aromatic heterocycles. The fraction of sp³-hybridized carbons (Fsp3) is 0.900. The number of phosphoric acid groups is 1. The van der Waals surface area contributed by atoms with E-state index in [0.717, 1.165) is 17.0 Å². The second-order valence-corrected chi connectivity index (χ2v) is 13.0. The molecule has 0 N–H and O–H groups in total. The van der Waals surface area contributed by atoms with Gasteiger partial charge in [0.2, 0.25) is 5.51 Å². The summed E-state index contributed by atoms with van der Waals surface area (Å²) in [7, 11) is -2.42. The first-order valence-corrected chi connectivity index (χ1v) is 18.0. The molecule has 9 heteroatoms. The molecular formula is C30H58NO6PS. The molecule has 230 valence electrons. The molecule has 0 fully saturated rings. The normalized spacial score (nSPS) is 14.1. The van der Waals surface area contributed by atoms with Crippen LogP contribution in [-0.2, 0) is 36.6 Å². The van der Waals surface area contributed by atoms with Crippen LogP contribution in [0.5, 0.6) is 0 Å². The number of rotatable bonds is 28. The van der Waals surface area contributed by atoms with Gasteiger partial charge in [-0.1, -0.05) is 115 Å². The van der Waals surface area contributed by atoms with Crippen LogP contribution in [0.1, 0.15) is 127 Å². The van der Waals surface area contributed by atoms with Crippen molar-refractivity contribution in [2.45, 2.75) is 136 Å². The van der Waals surface area contributed by atoms with Gasteiger partial charge in [0.25, 0.3) is 7.82 Å². The van der Waals surface area contributed by atoms with Gasteiger partial charge in [0.1, 0.15) is 13.2 Å². The number of ether oxygens (including phenoxy) is 2.